The van der Waals surface area contributed by atoms with E-state index in [0.29, 0.717) is 71.5 Å². The van der Waals surface area contributed by atoms with Crippen LogP contribution in [-0.4, -0.2) is 116 Å². The highest BCUT2D eigenvalue weighted by molar-refractivity contribution is 7.86. The Morgan fingerprint density at radius 1 is 1.06 bits per heavy atom. The Bertz CT molecular complexity index is 3210. The summed E-state index contributed by atoms with van der Waals surface area (Å²) in [6.07, 6.45) is 3.08. The van der Waals surface area contributed by atoms with Crippen molar-refractivity contribution >= 4 is 69.4 Å². The molecule has 7 N–H and O–H groups in total. The summed E-state index contributed by atoms with van der Waals surface area (Å²) < 4.78 is 74.6. The van der Waals surface area contributed by atoms with Gasteiger partial charge in [-0.2, -0.15) is 4.98 Å². The average Bonchev–Trinajstić information content (AvgIpc) is 3.78. The van der Waals surface area contributed by atoms with E-state index in [1.54, 1.807) is 6.07 Å². The van der Waals surface area contributed by atoms with Crippen LogP contribution in [0.25, 0.3) is 22.3 Å². The van der Waals surface area contributed by atoms with Gasteiger partial charge in [0.25, 0.3) is 5.56 Å². The van der Waals surface area contributed by atoms with Crippen molar-refractivity contribution in [1.82, 2.24) is 29.4 Å². The van der Waals surface area contributed by atoms with Gasteiger partial charge in [-0.15, -0.1) is 0 Å². The van der Waals surface area contributed by atoms with E-state index < -0.39 is 59.3 Å². The highest BCUT2D eigenvalue weighted by Gasteiger charge is 2.53. The molecule has 2 aromatic carbocycles. The summed E-state index contributed by atoms with van der Waals surface area (Å²) in [5.41, 5.74) is 9.16. The highest BCUT2D eigenvalue weighted by Crippen LogP contribution is 2.53. The minimum Gasteiger partial charge on any atom is -0.748 e. The lowest BCUT2D eigenvalue weighted by Crippen LogP contribution is -2.50. The van der Waals surface area contributed by atoms with Crippen LogP contribution < -0.4 is 46.9 Å². The first-order chi connectivity index (χ1) is 33.0. The molecule has 5 atom stereocenters. The number of imidazole rings is 1. The number of carbonyl (C=O) groups excluding carboxylic acids is 1. The Labute approximate surface area is 403 Å². The number of aliphatic hydroxyl groups is 1. The molecule has 9 rings (SSSR count). The highest BCUT2D eigenvalue weighted by atomic mass is 32.2. The van der Waals surface area contributed by atoms with Crippen LogP contribution in [0.3, 0.4) is 0 Å². The number of nitrogens with zero attached hydrogens (tertiary/aromatic N) is 6. The van der Waals surface area contributed by atoms with Crippen LogP contribution in [0.4, 0.5) is 23.3 Å². The number of likely N-dealkylation sites (N-methyl/N-ethyl adjacent to an activating group) is 1. The summed E-state index contributed by atoms with van der Waals surface area (Å²) >= 11 is 0. The zero-order chi connectivity index (χ0) is 50.1. The number of H-pyrrole nitrogens is 1. The predicted molar refractivity (Wildman–Crippen MR) is 259 cm³/mol. The van der Waals surface area contributed by atoms with Gasteiger partial charge in [0, 0.05) is 63.6 Å². The average molecular weight is 1010 g/mol. The van der Waals surface area contributed by atoms with Crippen LogP contribution in [0.1, 0.15) is 97.4 Å². The fourth-order valence-corrected chi connectivity index (χ4v) is 11.9. The monoisotopic (exact) mass is 1010 g/mol. The Morgan fingerprint density at radius 2 is 1.81 bits per heavy atom. The Kier molecular flexibility index (Phi) is 13.1. The van der Waals surface area contributed by atoms with Gasteiger partial charge in [-0.3, -0.25) is 28.2 Å². The first-order valence-corrected chi connectivity index (χ1v) is 26.5. The van der Waals surface area contributed by atoms with Gasteiger partial charge in [-0.25, -0.2) is 27.5 Å². The van der Waals surface area contributed by atoms with E-state index in [1.165, 1.54) is 4.57 Å². The Hall–Kier alpha value is -5.52. The summed E-state index contributed by atoms with van der Waals surface area (Å²) in [6.45, 7) is 14.3. The normalized spacial score (nSPS) is 24.0. The molecule has 22 nitrogen and oxygen atoms in total. The second-order valence-electron chi connectivity index (χ2n) is 19.4. The Morgan fingerprint density at radius 3 is 2.56 bits per heavy atom. The maximum absolute atomic E-state index is 13.1. The van der Waals surface area contributed by atoms with Crippen molar-refractivity contribution in [2.24, 2.45) is 4.99 Å². The van der Waals surface area contributed by atoms with Gasteiger partial charge in [-0.05, 0) is 69.9 Å². The molecule has 2 aromatic heterocycles. The van der Waals surface area contributed by atoms with Crippen LogP contribution in [-0.2, 0) is 33.3 Å². The maximum atomic E-state index is 13.1. The fourth-order valence-electron chi connectivity index (χ4n) is 10.3. The smallest absolute Gasteiger partial charge is 0.472 e. The van der Waals surface area contributed by atoms with Gasteiger partial charge in [-0.1, -0.05) is 18.9 Å². The minimum atomic E-state index is -4.63. The van der Waals surface area contributed by atoms with Crippen molar-refractivity contribution in [2.45, 2.75) is 116 Å². The molecule has 1 amide bonds. The largest absolute Gasteiger partial charge is 0.748 e. The van der Waals surface area contributed by atoms with Gasteiger partial charge in [0.1, 0.15) is 35.9 Å². The van der Waals surface area contributed by atoms with Crippen LogP contribution >= 0.6 is 7.82 Å². The van der Waals surface area contributed by atoms with Gasteiger partial charge < -0.3 is 45.3 Å². The third kappa shape index (κ3) is 9.77. The first kappa shape index (κ1) is 49.5. The number of allylic oxidation sites excluding steroid dienone is 1. The molecular formula is C46H59N10O12PS. The second-order valence-corrected chi connectivity index (χ2v) is 22.2. The predicted octanol–water partition coefficient (Wildman–Crippen LogP) is 3.34. The molecule has 5 aliphatic heterocycles. The number of benzene rings is 2. The van der Waals surface area contributed by atoms with E-state index in [4.69, 9.17) is 29.2 Å². The second kappa shape index (κ2) is 18.6. The number of nitrogens with two attached hydrogens (primary N) is 1. The van der Waals surface area contributed by atoms with Gasteiger partial charge in [0.15, 0.2) is 34.4 Å². The SMILES string of the molecule is CCN1c2cc3c(cc2C(C)=CC1(C)C)N=c1cc2c(cc1O3)=[N+](CCCC(=O)NCCCCCCNc1nc3c(=O)[nH]c(N)nc3n1[C@@H]1O[C@@H]3COP(=O)(O)O[C@H]3[C@H]1O)C(C)(C)C=C2CS(=O)(=O)[O-]. The lowest BCUT2D eigenvalue weighted by molar-refractivity contribution is -0.121. The number of unbranched alkanes of at least 4 members (excludes halogenated alkanes) is 3. The number of aromatic amines is 1. The van der Waals surface area contributed by atoms with Crippen molar-refractivity contribution < 1.29 is 50.9 Å². The number of hydrogen-bond donors (Lipinski definition) is 6. The van der Waals surface area contributed by atoms with Gasteiger partial charge in [0.2, 0.25) is 23.2 Å². The van der Waals surface area contributed by atoms with Crippen molar-refractivity contribution in [3.8, 4) is 11.5 Å². The Balaban J connectivity index is 0.814. The summed E-state index contributed by atoms with van der Waals surface area (Å²) in [7, 11) is -9.02. The van der Waals surface area contributed by atoms with Crippen molar-refractivity contribution in [1.29, 1.82) is 0 Å². The van der Waals surface area contributed by atoms with E-state index in [-0.39, 0.29) is 47.5 Å². The number of ether oxygens (including phenoxy) is 2. The topological polar surface area (TPSA) is 301 Å². The number of nitrogen functional groups attached to an aromatic ring is 1. The molecule has 2 saturated heterocycles. The molecule has 7 heterocycles. The minimum absolute atomic E-state index is 0.0362. The molecule has 0 saturated carbocycles. The van der Waals surface area contributed by atoms with Crippen LogP contribution in [0.5, 0.6) is 11.5 Å². The van der Waals surface area contributed by atoms with Crippen molar-refractivity contribution in [3.63, 3.8) is 0 Å². The molecule has 5 aliphatic rings. The number of amides is 1. The number of aromatic nitrogens is 4. The number of phosphoric acid groups is 1. The summed E-state index contributed by atoms with van der Waals surface area (Å²) in [5.74, 6) is 0.304. The number of phosphoric ester groups is 1. The molecule has 376 valence electrons. The number of nitrogens with one attached hydrogen (secondary N) is 3. The third-order valence-corrected chi connectivity index (χ3v) is 15.0. The molecular weight excluding hydrogens is 948 g/mol. The quantitative estimate of drug-likeness (QED) is 0.0357. The van der Waals surface area contributed by atoms with Gasteiger partial charge >= 0.3 is 7.82 Å². The van der Waals surface area contributed by atoms with E-state index >= 15 is 0 Å². The third-order valence-electron chi connectivity index (χ3n) is 13.4. The van der Waals surface area contributed by atoms with E-state index in [1.807, 2.05) is 38.1 Å². The first-order valence-electron chi connectivity index (χ1n) is 23.5. The molecule has 2 fully saturated rings. The summed E-state index contributed by atoms with van der Waals surface area (Å²) in [4.78, 5) is 54.0. The zero-order valence-corrected chi connectivity index (χ0v) is 41.6. The molecule has 1 unspecified atom stereocenters. The molecule has 0 radical (unpaired) electrons. The number of aliphatic hydroxyl groups excluding tert-OH is 1. The molecule has 0 bridgehead atoms. The van der Waals surface area contributed by atoms with Crippen molar-refractivity contribution in [2.75, 3.05) is 54.5 Å². The maximum Gasteiger partial charge on any atom is 0.472 e. The van der Waals surface area contributed by atoms with Crippen LogP contribution in [0.2, 0.25) is 0 Å². The molecule has 70 heavy (non-hydrogen) atoms. The van der Waals surface area contributed by atoms with Crippen molar-refractivity contribution in [3.05, 3.63) is 68.6 Å². The summed E-state index contributed by atoms with van der Waals surface area (Å²) in [5, 5.41) is 18.5. The summed E-state index contributed by atoms with van der Waals surface area (Å²) in [6, 6.07) is 7.71. The van der Waals surface area contributed by atoms with E-state index in [2.05, 4.69) is 68.8 Å². The van der Waals surface area contributed by atoms with Gasteiger partial charge in [0.05, 0.1) is 39.6 Å². The standard InChI is InChI=1S/C46H59N10O12PS/c1-7-54-31-19-33-29(17-27(31)25(2)21-45(54,3)4)50-30-18-28-26(24-70(62,63)64)22-46(5,6)55(32(28)20-34(30)66-33)16-12-13-36(57)48-14-10-8-9-11-15-49-44-51-37-40(52-43(47)53-41(37)59)56(44)42-38(58)39-35(67-42)23-65-69(60,61)68-39/h17-22,35,38-39,42,50,58H,7-16,23-24H2,1-6H3,(H5,47,48,53,57,59,60,61,62,63,64)/t35-,38-,39-,42-/m1/s1. The molecule has 0 aliphatic carbocycles. The van der Waals surface area contributed by atoms with E-state index in [0.717, 1.165) is 42.6 Å². The number of fused-ring (bicyclic) bond motifs is 6. The van der Waals surface area contributed by atoms with E-state index in [9.17, 15) is 37.1 Å². The lowest BCUT2D eigenvalue weighted by Gasteiger charge is -2.43. The lowest BCUT2D eigenvalue weighted by atomic mass is 9.88. The number of rotatable bonds is 16. The zero-order valence-electron chi connectivity index (χ0n) is 39.9. The molecule has 0 spiro atoms. The van der Waals surface area contributed by atoms with Crippen LogP contribution in [0.15, 0.2) is 46.2 Å². The molecule has 24 heteroatoms. The number of carbonyl (C=O) groups is 1. The number of anilines is 3. The number of hydrogen-bond acceptors (Lipinski definition) is 17. The van der Waals surface area contributed by atoms with Crippen LogP contribution in [0, 0.1) is 0 Å². The fraction of sp³-hybridized carbons (Fsp3) is 0.522. The molecule has 4 aromatic rings.